The first-order chi connectivity index (χ1) is 10.3. The number of fused-ring (bicyclic) bond motifs is 1. The number of aryl methyl sites for hydroxylation is 1. The Labute approximate surface area is 122 Å². The fraction of sp³-hybridized carbons (Fsp3) is 0.375. The van der Waals surface area contributed by atoms with E-state index < -0.39 is 0 Å². The molecule has 0 atom stereocenters. The van der Waals surface area contributed by atoms with E-state index in [1.54, 1.807) is 0 Å². The van der Waals surface area contributed by atoms with Gasteiger partial charge in [0.1, 0.15) is 11.4 Å². The van der Waals surface area contributed by atoms with Crippen molar-refractivity contribution in [1.82, 2.24) is 20.2 Å². The summed E-state index contributed by atoms with van der Waals surface area (Å²) in [6, 6.07) is 9.38. The molecule has 1 N–H and O–H groups in total. The topological polar surface area (TPSA) is 55.9 Å². The highest BCUT2D eigenvalue weighted by Gasteiger charge is 2.20. The zero-order chi connectivity index (χ0) is 14.2. The number of hydrogen-bond donors (Lipinski definition) is 1. The minimum absolute atomic E-state index is 0.693. The molecule has 0 unspecified atom stereocenters. The van der Waals surface area contributed by atoms with Crippen molar-refractivity contribution < 1.29 is 4.63 Å². The molecule has 2 aromatic heterocycles. The molecular formula is C16H18N4O. The normalized spacial score (nSPS) is 14.9. The summed E-state index contributed by atoms with van der Waals surface area (Å²) in [4.78, 5) is 0. The van der Waals surface area contributed by atoms with Gasteiger partial charge in [-0.3, -0.25) is 0 Å². The molecule has 21 heavy (non-hydrogen) atoms. The van der Waals surface area contributed by atoms with Gasteiger partial charge in [0.05, 0.1) is 6.54 Å². The number of benzene rings is 1. The Hall–Kier alpha value is -2.14. The Morgan fingerprint density at radius 3 is 2.95 bits per heavy atom. The number of aromatic nitrogens is 3. The van der Waals surface area contributed by atoms with Gasteiger partial charge in [0.25, 0.3) is 0 Å². The second-order valence-electron chi connectivity index (χ2n) is 5.75. The summed E-state index contributed by atoms with van der Waals surface area (Å²) in [6.07, 6.45) is 4.74. The third-order valence-electron chi connectivity index (χ3n) is 4.13. The van der Waals surface area contributed by atoms with Gasteiger partial charge in [0.15, 0.2) is 0 Å². The van der Waals surface area contributed by atoms with Crippen molar-refractivity contribution in [3.8, 4) is 0 Å². The molecule has 0 radical (unpaired) electrons. The predicted molar refractivity (Wildman–Crippen MR) is 79.9 cm³/mol. The number of hydrogen-bond acceptors (Lipinski definition) is 4. The van der Waals surface area contributed by atoms with E-state index in [4.69, 9.17) is 4.63 Å². The predicted octanol–water partition coefficient (Wildman–Crippen LogP) is 2.63. The van der Waals surface area contributed by atoms with E-state index in [1.807, 2.05) is 6.92 Å². The molecule has 0 amide bonds. The van der Waals surface area contributed by atoms with E-state index in [-0.39, 0.29) is 0 Å². The summed E-state index contributed by atoms with van der Waals surface area (Å²) in [5.41, 5.74) is 4.32. The Kier molecular flexibility index (Phi) is 3.00. The lowest BCUT2D eigenvalue weighted by Gasteiger charge is -2.07. The summed E-state index contributed by atoms with van der Waals surface area (Å²) < 4.78 is 6.98. The third kappa shape index (κ3) is 2.45. The van der Waals surface area contributed by atoms with Crippen LogP contribution >= 0.6 is 0 Å². The van der Waals surface area contributed by atoms with Crippen LogP contribution in [0.3, 0.4) is 0 Å². The quantitative estimate of drug-likeness (QED) is 0.781. The first kappa shape index (κ1) is 12.6. The fourth-order valence-corrected chi connectivity index (χ4v) is 2.68. The second-order valence-corrected chi connectivity index (χ2v) is 5.75. The molecule has 1 saturated carbocycles. The van der Waals surface area contributed by atoms with Gasteiger partial charge in [-0.05, 0) is 37.5 Å². The highest BCUT2D eigenvalue weighted by atomic mass is 16.6. The highest BCUT2D eigenvalue weighted by Crippen LogP contribution is 2.24. The summed E-state index contributed by atoms with van der Waals surface area (Å²) in [6.45, 7) is 3.55. The van der Waals surface area contributed by atoms with Gasteiger partial charge >= 0.3 is 0 Å². The van der Waals surface area contributed by atoms with Crippen LogP contribution in [0.5, 0.6) is 0 Å². The van der Waals surface area contributed by atoms with Crippen molar-refractivity contribution in [2.75, 3.05) is 0 Å². The molecule has 2 heterocycles. The smallest absolute Gasteiger partial charge is 0.127 e. The zero-order valence-electron chi connectivity index (χ0n) is 12.0. The summed E-state index contributed by atoms with van der Waals surface area (Å²) in [5, 5.41) is 12.7. The first-order valence-electron chi connectivity index (χ1n) is 7.39. The number of nitrogens with zero attached hydrogens (tertiary/aromatic N) is 3. The molecule has 1 aromatic carbocycles. The van der Waals surface area contributed by atoms with Crippen molar-refractivity contribution in [2.24, 2.45) is 0 Å². The largest absolute Gasteiger partial charge is 0.341 e. The lowest BCUT2D eigenvalue weighted by molar-refractivity contribution is 0.300. The fourth-order valence-electron chi connectivity index (χ4n) is 2.68. The SMILES string of the molecule is Cc1nonc1Cn1ccc2c(CNC3CC3)cccc21. The Morgan fingerprint density at radius 1 is 1.29 bits per heavy atom. The van der Waals surface area contributed by atoms with E-state index in [0.29, 0.717) is 6.54 Å². The zero-order valence-corrected chi connectivity index (χ0v) is 12.0. The maximum absolute atomic E-state index is 4.78. The molecule has 1 fully saturated rings. The van der Waals surface area contributed by atoms with Gasteiger partial charge in [-0.2, -0.15) is 0 Å². The van der Waals surface area contributed by atoms with Crippen molar-refractivity contribution in [3.63, 3.8) is 0 Å². The Balaban J connectivity index is 1.64. The first-order valence-corrected chi connectivity index (χ1v) is 7.39. The van der Waals surface area contributed by atoms with Crippen molar-refractivity contribution in [2.45, 2.75) is 38.9 Å². The van der Waals surface area contributed by atoms with Crippen LogP contribution in [-0.4, -0.2) is 20.9 Å². The van der Waals surface area contributed by atoms with Gasteiger partial charge in [0.2, 0.25) is 0 Å². The van der Waals surface area contributed by atoms with Crippen molar-refractivity contribution >= 4 is 10.9 Å². The number of rotatable bonds is 5. The Bertz CT molecular complexity index is 770. The van der Waals surface area contributed by atoms with Crippen LogP contribution < -0.4 is 5.32 Å². The van der Waals surface area contributed by atoms with Crippen LogP contribution in [0.4, 0.5) is 0 Å². The molecule has 4 rings (SSSR count). The average molecular weight is 282 g/mol. The van der Waals surface area contributed by atoms with Gasteiger partial charge in [-0.1, -0.05) is 22.4 Å². The van der Waals surface area contributed by atoms with Gasteiger partial charge in [0, 0.05) is 29.7 Å². The van der Waals surface area contributed by atoms with Crippen molar-refractivity contribution in [1.29, 1.82) is 0 Å². The van der Waals surface area contributed by atoms with E-state index in [1.165, 1.54) is 29.3 Å². The number of nitrogens with one attached hydrogen (secondary N) is 1. The van der Waals surface area contributed by atoms with Crippen LogP contribution in [0.1, 0.15) is 29.8 Å². The summed E-state index contributed by atoms with van der Waals surface area (Å²) in [7, 11) is 0. The van der Waals surface area contributed by atoms with E-state index >= 15 is 0 Å². The van der Waals surface area contributed by atoms with Crippen LogP contribution in [0.25, 0.3) is 10.9 Å². The van der Waals surface area contributed by atoms with Crippen LogP contribution in [0, 0.1) is 6.92 Å². The third-order valence-corrected chi connectivity index (χ3v) is 4.13. The molecule has 0 saturated heterocycles. The minimum Gasteiger partial charge on any atom is -0.341 e. The van der Waals surface area contributed by atoms with Gasteiger partial charge in [-0.25, -0.2) is 4.63 Å². The molecule has 5 nitrogen and oxygen atoms in total. The second kappa shape index (κ2) is 5.00. The maximum Gasteiger partial charge on any atom is 0.127 e. The van der Waals surface area contributed by atoms with Crippen LogP contribution in [0.15, 0.2) is 35.1 Å². The Morgan fingerprint density at radius 2 is 2.19 bits per heavy atom. The monoisotopic (exact) mass is 282 g/mol. The molecule has 108 valence electrons. The van der Waals surface area contributed by atoms with E-state index in [0.717, 1.165) is 24.0 Å². The van der Waals surface area contributed by atoms with E-state index in [2.05, 4.69) is 50.7 Å². The van der Waals surface area contributed by atoms with Crippen LogP contribution in [0.2, 0.25) is 0 Å². The maximum atomic E-state index is 4.78. The molecule has 3 aromatic rings. The molecule has 1 aliphatic rings. The molecule has 1 aliphatic carbocycles. The highest BCUT2D eigenvalue weighted by molar-refractivity contribution is 5.83. The molecule has 0 aliphatic heterocycles. The lowest BCUT2D eigenvalue weighted by atomic mass is 10.1. The minimum atomic E-state index is 0.693. The van der Waals surface area contributed by atoms with E-state index in [9.17, 15) is 0 Å². The van der Waals surface area contributed by atoms with Crippen molar-refractivity contribution in [3.05, 3.63) is 47.4 Å². The molecule has 0 spiro atoms. The van der Waals surface area contributed by atoms with Gasteiger partial charge < -0.3 is 9.88 Å². The summed E-state index contributed by atoms with van der Waals surface area (Å²) in [5.74, 6) is 0. The van der Waals surface area contributed by atoms with Gasteiger partial charge in [-0.15, -0.1) is 0 Å². The average Bonchev–Trinajstić information content (AvgIpc) is 3.11. The van der Waals surface area contributed by atoms with Crippen LogP contribution in [-0.2, 0) is 13.1 Å². The standard InChI is InChI=1S/C16H18N4O/c1-11-15(19-21-18-11)10-20-8-7-14-12(3-2-4-16(14)20)9-17-13-5-6-13/h2-4,7-8,13,17H,5-6,9-10H2,1H3. The molecule has 5 heteroatoms. The lowest BCUT2D eigenvalue weighted by Crippen LogP contribution is -2.15. The molecular weight excluding hydrogens is 264 g/mol. The molecule has 0 bridgehead atoms. The summed E-state index contributed by atoms with van der Waals surface area (Å²) >= 11 is 0.